The lowest BCUT2D eigenvalue weighted by molar-refractivity contribution is 0.0785. The van der Waals surface area contributed by atoms with Crippen molar-refractivity contribution in [2.24, 2.45) is 4.99 Å². The second-order valence-electron chi connectivity index (χ2n) is 10.00. The zero-order valence-corrected chi connectivity index (χ0v) is 22.6. The number of halogens is 2. The summed E-state index contributed by atoms with van der Waals surface area (Å²) in [6.45, 7) is 5.24. The summed E-state index contributed by atoms with van der Waals surface area (Å²) in [5.74, 6) is -0.856. The highest BCUT2D eigenvalue weighted by Gasteiger charge is 2.25. The van der Waals surface area contributed by atoms with Crippen LogP contribution in [0.25, 0.3) is 21.9 Å². The third-order valence-corrected chi connectivity index (χ3v) is 7.87. The van der Waals surface area contributed by atoms with Crippen molar-refractivity contribution in [1.29, 1.82) is 0 Å². The van der Waals surface area contributed by atoms with Gasteiger partial charge in [-0.2, -0.15) is 0 Å². The first-order valence-corrected chi connectivity index (χ1v) is 13.8. The van der Waals surface area contributed by atoms with E-state index >= 15 is 0 Å². The van der Waals surface area contributed by atoms with Crippen LogP contribution in [0.2, 0.25) is 0 Å². The molecule has 0 spiro atoms. The Hall–Kier alpha value is -3.51. The SMILES string of the molecule is CC(C)c1c(-c2ccccc2)cc2cc(CC3=NCCS3)ccc2c1C(=O)N(C)Cc1ccc(F)c(F)c1. The highest BCUT2D eigenvalue weighted by Crippen LogP contribution is 2.38. The Morgan fingerprint density at radius 2 is 1.74 bits per heavy atom. The van der Waals surface area contributed by atoms with Gasteiger partial charge in [0.1, 0.15) is 0 Å². The third kappa shape index (κ3) is 5.37. The minimum atomic E-state index is -0.916. The summed E-state index contributed by atoms with van der Waals surface area (Å²) in [6.07, 6.45) is 0.784. The Bertz CT molecular complexity index is 1530. The fourth-order valence-electron chi connectivity index (χ4n) is 5.10. The van der Waals surface area contributed by atoms with Crippen LogP contribution in [-0.4, -0.2) is 35.2 Å². The minimum absolute atomic E-state index is 0.0779. The van der Waals surface area contributed by atoms with Gasteiger partial charge in [-0.1, -0.05) is 68.4 Å². The zero-order chi connectivity index (χ0) is 26.8. The van der Waals surface area contributed by atoms with Gasteiger partial charge in [0.2, 0.25) is 0 Å². The molecule has 4 aromatic carbocycles. The number of aliphatic imine (C=N–C) groups is 1. The first kappa shape index (κ1) is 26.1. The molecular formula is C32H30F2N2OS. The summed E-state index contributed by atoms with van der Waals surface area (Å²) in [5.41, 5.74) is 5.41. The number of fused-ring (bicyclic) bond motifs is 1. The maximum atomic E-state index is 14.1. The van der Waals surface area contributed by atoms with Crippen LogP contribution in [0.5, 0.6) is 0 Å². The van der Waals surface area contributed by atoms with Gasteiger partial charge < -0.3 is 4.90 Å². The van der Waals surface area contributed by atoms with Gasteiger partial charge in [-0.3, -0.25) is 9.79 Å². The molecule has 38 heavy (non-hydrogen) atoms. The summed E-state index contributed by atoms with van der Waals surface area (Å²) >= 11 is 1.80. The topological polar surface area (TPSA) is 32.7 Å². The Morgan fingerprint density at radius 1 is 0.974 bits per heavy atom. The monoisotopic (exact) mass is 528 g/mol. The summed E-state index contributed by atoms with van der Waals surface area (Å²) < 4.78 is 27.3. The van der Waals surface area contributed by atoms with Gasteiger partial charge in [0, 0.05) is 32.3 Å². The van der Waals surface area contributed by atoms with Crippen LogP contribution in [-0.2, 0) is 13.0 Å². The van der Waals surface area contributed by atoms with E-state index in [1.807, 2.05) is 24.3 Å². The molecule has 0 atom stereocenters. The van der Waals surface area contributed by atoms with Crippen molar-refractivity contribution in [3.63, 3.8) is 0 Å². The molecule has 1 aliphatic rings. The van der Waals surface area contributed by atoms with Crippen molar-refractivity contribution in [2.75, 3.05) is 19.3 Å². The van der Waals surface area contributed by atoms with E-state index < -0.39 is 11.6 Å². The van der Waals surface area contributed by atoms with Crippen molar-refractivity contribution >= 4 is 33.5 Å². The van der Waals surface area contributed by atoms with E-state index in [0.29, 0.717) is 11.1 Å². The predicted molar refractivity (Wildman–Crippen MR) is 154 cm³/mol. The zero-order valence-electron chi connectivity index (χ0n) is 21.8. The van der Waals surface area contributed by atoms with Gasteiger partial charge in [0.25, 0.3) is 5.91 Å². The standard InChI is InChI=1S/C32H30F2N2OS/c1-20(2)30-26(23-7-5-4-6-8-23)18-24-15-21(17-29-35-13-14-38-29)9-11-25(24)31(30)32(37)36(3)19-22-10-12-27(33)28(34)16-22/h4-12,15-16,18,20H,13-14,17,19H2,1-3H3. The third-order valence-electron chi connectivity index (χ3n) is 6.87. The number of amides is 1. The summed E-state index contributed by atoms with van der Waals surface area (Å²) in [4.78, 5) is 20.3. The lowest BCUT2D eigenvalue weighted by Gasteiger charge is -2.25. The number of carbonyl (C=O) groups is 1. The lowest BCUT2D eigenvalue weighted by atomic mass is 9.84. The molecule has 0 saturated heterocycles. The molecule has 194 valence electrons. The van der Waals surface area contributed by atoms with Gasteiger partial charge in [-0.15, -0.1) is 11.8 Å². The molecule has 5 rings (SSSR count). The Kier molecular flexibility index (Phi) is 7.61. The molecule has 0 aromatic heterocycles. The number of hydrogen-bond acceptors (Lipinski definition) is 3. The number of nitrogens with zero attached hydrogens (tertiary/aromatic N) is 2. The van der Waals surface area contributed by atoms with Gasteiger partial charge in [0.15, 0.2) is 11.6 Å². The molecule has 1 aliphatic heterocycles. The molecular weight excluding hydrogens is 498 g/mol. The Balaban J connectivity index is 1.65. The van der Waals surface area contributed by atoms with Crippen LogP contribution in [0.1, 0.15) is 46.8 Å². The molecule has 4 aromatic rings. The number of rotatable bonds is 7. The number of hydrogen-bond donors (Lipinski definition) is 0. The fourth-order valence-corrected chi connectivity index (χ4v) is 5.97. The molecule has 1 heterocycles. The van der Waals surface area contributed by atoms with Crippen LogP contribution in [0, 0.1) is 11.6 Å². The van der Waals surface area contributed by atoms with E-state index in [4.69, 9.17) is 0 Å². The van der Waals surface area contributed by atoms with E-state index in [-0.39, 0.29) is 18.4 Å². The van der Waals surface area contributed by atoms with Gasteiger partial charge in [-0.05, 0) is 62.7 Å². The average molecular weight is 529 g/mol. The Labute approximate surface area is 226 Å². The normalized spacial score (nSPS) is 13.3. The quantitative estimate of drug-likeness (QED) is 0.245. The van der Waals surface area contributed by atoms with Crippen molar-refractivity contribution in [1.82, 2.24) is 4.90 Å². The molecule has 0 radical (unpaired) electrons. The van der Waals surface area contributed by atoms with Crippen molar-refractivity contribution in [3.05, 3.63) is 107 Å². The number of carbonyl (C=O) groups excluding carboxylic acids is 1. The maximum absolute atomic E-state index is 14.1. The van der Waals surface area contributed by atoms with Gasteiger partial charge in [-0.25, -0.2) is 8.78 Å². The van der Waals surface area contributed by atoms with E-state index in [9.17, 15) is 13.6 Å². The highest BCUT2D eigenvalue weighted by atomic mass is 32.2. The van der Waals surface area contributed by atoms with Crippen molar-refractivity contribution in [2.45, 2.75) is 32.7 Å². The molecule has 1 amide bonds. The van der Waals surface area contributed by atoms with E-state index in [0.717, 1.165) is 68.9 Å². The molecule has 0 unspecified atom stereocenters. The smallest absolute Gasteiger partial charge is 0.254 e. The molecule has 6 heteroatoms. The summed E-state index contributed by atoms with van der Waals surface area (Å²) in [6, 6.07) is 22.4. The molecule has 0 N–H and O–H groups in total. The molecule has 0 saturated carbocycles. The first-order chi connectivity index (χ1) is 18.3. The van der Waals surface area contributed by atoms with Crippen molar-refractivity contribution < 1.29 is 13.6 Å². The largest absolute Gasteiger partial charge is 0.337 e. The summed E-state index contributed by atoms with van der Waals surface area (Å²) in [5, 5.41) is 3.04. The van der Waals surface area contributed by atoms with Crippen LogP contribution < -0.4 is 0 Å². The second kappa shape index (κ2) is 11.1. The highest BCUT2D eigenvalue weighted by molar-refractivity contribution is 8.14. The van der Waals surface area contributed by atoms with E-state index in [1.54, 1.807) is 23.7 Å². The maximum Gasteiger partial charge on any atom is 0.254 e. The molecule has 0 bridgehead atoms. The van der Waals surface area contributed by atoms with Gasteiger partial charge in [0.05, 0.1) is 10.6 Å². The second-order valence-corrected chi connectivity index (χ2v) is 11.2. The Morgan fingerprint density at radius 3 is 2.42 bits per heavy atom. The molecule has 0 fully saturated rings. The van der Waals surface area contributed by atoms with E-state index in [2.05, 4.69) is 49.2 Å². The van der Waals surface area contributed by atoms with Gasteiger partial charge >= 0.3 is 0 Å². The minimum Gasteiger partial charge on any atom is -0.337 e. The van der Waals surface area contributed by atoms with Crippen molar-refractivity contribution in [3.8, 4) is 11.1 Å². The lowest BCUT2D eigenvalue weighted by Crippen LogP contribution is -2.28. The number of thioether (sulfide) groups is 1. The predicted octanol–water partition coefficient (Wildman–Crippen LogP) is 7.87. The van der Waals surface area contributed by atoms with Crippen LogP contribution in [0.15, 0.2) is 77.8 Å². The fraction of sp³-hybridized carbons (Fsp3) is 0.250. The average Bonchev–Trinajstić information content (AvgIpc) is 3.42. The molecule has 3 nitrogen and oxygen atoms in total. The molecule has 0 aliphatic carbocycles. The van der Waals surface area contributed by atoms with Crippen LogP contribution in [0.4, 0.5) is 8.78 Å². The number of benzene rings is 4. The first-order valence-electron chi connectivity index (χ1n) is 12.8. The summed E-state index contributed by atoms with van der Waals surface area (Å²) in [7, 11) is 1.71. The van der Waals surface area contributed by atoms with Crippen LogP contribution >= 0.6 is 11.8 Å². The van der Waals surface area contributed by atoms with Crippen LogP contribution in [0.3, 0.4) is 0 Å². The van der Waals surface area contributed by atoms with E-state index in [1.165, 1.54) is 6.07 Å².